The van der Waals surface area contributed by atoms with Crippen molar-refractivity contribution in [3.8, 4) is 0 Å². The molecule has 14 nitrogen and oxygen atoms in total. The van der Waals surface area contributed by atoms with Gasteiger partial charge in [-0.05, 0) is 51.0 Å². The average Bonchev–Trinajstić information content (AvgIpc) is 3.34. The van der Waals surface area contributed by atoms with Gasteiger partial charge in [-0.1, -0.05) is 35.8 Å². The molecule has 0 aliphatic heterocycles. The minimum absolute atomic E-state index is 0.104. The number of rotatable bonds is 16. The van der Waals surface area contributed by atoms with E-state index in [1.807, 2.05) is 31.2 Å². The smallest absolute Gasteiger partial charge is 0.407 e. The predicted octanol–water partition coefficient (Wildman–Crippen LogP) is 5.35. The predicted molar refractivity (Wildman–Crippen MR) is 165 cm³/mol. The molecule has 0 spiro atoms. The number of likely N-dealkylation sites (N-methyl/N-ethyl adjacent to an activating group) is 1. The summed E-state index contributed by atoms with van der Waals surface area (Å²) in [5.41, 5.74) is 1.74. The number of aryl methyl sites for hydroxylation is 1. The zero-order valence-electron chi connectivity index (χ0n) is 23.9. The highest BCUT2D eigenvalue weighted by Crippen LogP contribution is 2.29. The number of thiazole rings is 1. The Morgan fingerprint density at radius 1 is 1.09 bits per heavy atom. The van der Waals surface area contributed by atoms with E-state index in [1.54, 1.807) is 6.92 Å². The minimum Gasteiger partial charge on any atom is -0.448 e. The Morgan fingerprint density at radius 2 is 1.81 bits per heavy atom. The van der Waals surface area contributed by atoms with Crippen molar-refractivity contribution >= 4 is 63.8 Å². The molecule has 3 amide bonds. The number of aromatic nitrogens is 3. The number of nitrogens with zero attached hydrogens (tertiary/aromatic N) is 5. The van der Waals surface area contributed by atoms with Gasteiger partial charge < -0.3 is 20.3 Å². The zero-order valence-corrected chi connectivity index (χ0v) is 25.5. The normalized spacial score (nSPS) is 10.9. The van der Waals surface area contributed by atoms with Crippen molar-refractivity contribution in [1.29, 1.82) is 0 Å². The first-order chi connectivity index (χ1) is 20.8. The maximum absolute atomic E-state index is 12.0. The molecule has 0 saturated carbocycles. The number of hydrogen-bond acceptors (Lipinski definition) is 11. The first-order valence-electron chi connectivity index (χ1n) is 13.7. The number of nitrogens with one attached hydrogen (secondary N) is 4. The van der Waals surface area contributed by atoms with Crippen LogP contribution in [0.15, 0.2) is 45.4 Å². The molecule has 4 N–H and O–H groups in total. The maximum Gasteiger partial charge on any atom is 0.407 e. The molecular weight excluding hydrogens is 598 g/mol. The fraction of sp³-hybridized carbons (Fsp3) is 0.407. The first kappa shape index (κ1) is 33.1. The molecule has 230 valence electrons. The van der Waals surface area contributed by atoms with E-state index in [2.05, 4.69) is 46.0 Å². The van der Waals surface area contributed by atoms with Crippen molar-refractivity contribution in [3.05, 3.63) is 56.4 Å². The van der Waals surface area contributed by atoms with E-state index >= 15 is 0 Å². The van der Waals surface area contributed by atoms with Crippen molar-refractivity contribution in [2.45, 2.75) is 39.5 Å². The second kappa shape index (κ2) is 17.6. The van der Waals surface area contributed by atoms with Gasteiger partial charge in [0.15, 0.2) is 11.4 Å². The molecule has 0 fully saturated rings. The molecule has 2 aromatic heterocycles. The van der Waals surface area contributed by atoms with Gasteiger partial charge in [-0.15, -0.1) is 10.2 Å². The number of unbranched alkanes of at least 4 members (excludes halogenated alkanes) is 3. The lowest BCUT2D eigenvalue weighted by Crippen LogP contribution is -2.31. The Labute approximate surface area is 257 Å². The quantitative estimate of drug-likeness (QED) is 0.0926. The number of H-pyrrole nitrogens is 1. The third-order valence-electron chi connectivity index (χ3n) is 5.91. The molecule has 0 atom stereocenters. The van der Waals surface area contributed by atoms with Gasteiger partial charge in [-0.25, -0.2) is 19.6 Å². The van der Waals surface area contributed by atoms with E-state index in [9.17, 15) is 19.2 Å². The number of azo groups is 1. The van der Waals surface area contributed by atoms with Gasteiger partial charge in [0.25, 0.3) is 5.56 Å². The van der Waals surface area contributed by atoms with Crippen LogP contribution in [0.1, 0.15) is 48.0 Å². The van der Waals surface area contributed by atoms with Crippen molar-refractivity contribution in [1.82, 2.24) is 25.6 Å². The SMILES string of the molecule is CCN(CCOC(=O)NCCCCCCNC(=O)Nc1nc(C)cc(=O)[nH]1)c1ccc(N=Nc2nc(Cl)c(C=O)s2)cc1. The number of carbonyl (C=O) groups excluding carboxylic acids is 3. The summed E-state index contributed by atoms with van der Waals surface area (Å²) in [4.78, 5) is 59.1. The third-order valence-corrected chi connectivity index (χ3v) is 7.17. The van der Waals surface area contributed by atoms with Crippen molar-refractivity contribution in [2.24, 2.45) is 10.2 Å². The van der Waals surface area contributed by atoms with E-state index < -0.39 is 12.1 Å². The second-order valence-corrected chi connectivity index (χ2v) is 10.5. The average molecular weight is 632 g/mol. The Kier molecular flexibility index (Phi) is 13.5. The van der Waals surface area contributed by atoms with Gasteiger partial charge in [0.2, 0.25) is 11.1 Å². The molecule has 0 aliphatic rings. The highest BCUT2D eigenvalue weighted by molar-refractivity contribution is 7.17. The summed E-state index contributed by atoms with van der Waals surface area (Å²) in [6.07, 6.45) is 3.49. The summed E-state index contributed by atoms with van der Waals surface area (Å²) in [5, 5.41) is 16.5. The number of urea groups is 1. The molecule has 0 bridgehead atoms. The fourth-order valence-corrected chi connectivity index (χ4v) is 4.69. The third kappa shape index (κ3) is 11.8. The van der Waals surface area contributed by atoms with Crippen LogP contribution in [0, 0.1) is 6.92 Å². The molecular formula is C27H34ClN9O5S. The zero-order chi connectivity index (χ0) is 31.0. The first-order valence-corrected chi connectivity index (χ1v) is 14.9. The number of ether oxygens (including phenoxy) is 1. The van der Waals surface area contributed by atoms with Crippen LogP contribution >= 0.6 is 22.9 Å². The number of aldehydes is 1. The van der Waals surface area contributed by atoms with E-state index in [4.69, 9.17) is 16.3 Å². The lowest BCUT2D eigenvalue weighted by molar-refractivity contribution is 0.112. The maximum atomic E-state index is 12.0. The Morgan fingerprint density at radius 3 is 2.47 bits per heavy atom. The summed E-state index contributed by atoms with van der Waals surface area (Å²) >= 11 is 6.91. The number of carbonyl (C=O) groups is 3. The number of halogens is 1. The van der Waals surface area contributed by atoms with E-state index in [-0.39, 0.29) is 23.3 Å². The van der Waals surface area contributed by atoms with Crippen LogP contribution in [-0.2, 0) is 4.74 Å². The number of hydrogen-bond donors (Lipinski definition) is 4. The monoisotopic (exact) mass is 631 g/mol. The molecule has 2 heterocycles. The van der Waals surface area contributed by atoms with Crippen LogP contribution in [0.4, 0.5) is 32.0 Å². The topological polar surface area (TPSA) is 183 Å². The molecule has 0 unspecified atom stereocenters. The molecule has 16 heteroatoms. The van der Waals surface area contributed by atoms with Crippen LogP contribution in [0.5, 0.6) is 0 Å². The van der Waals surface area contributed by atoms with Gasteiger partial charge in [0, 0.05) is 37.1 Å². The van der Waals surface area contributed by atoms with E-state index in [1.165, 1.54) is 6.07 Å². The van der Waals surface area contributed by atoms with Crippen LogP contribution in [0.3, 0.4) is 0 Å². The number of amides is 3. The Hall–Kier alpha value is -4.37. The Balaban J connectivity index is 1.24. The summed E-state index contributed by atoms with van der Waals surface area (Å²) in [5.74, 6) is 0.104. The summed E-state index contributed by atoms with van der Waals surface area (Å²) in [6, 6.07) is 8.31. The van der Waals surface area contributed by atoms with E-state index in [0.29, 0.717) is 47.3 Å². The highest BCUT2D eigenvalue weighted by atomic mass is 35.5. The number of aromatic amines is 1. The van der Waals surface area contributed by atoms with Gasteiger partial charge in [0.05, 0.1) is 12.2 Å². The van der Waals surface area contributed by atoms with Crippen LogP contribution in [0.2, 0.25) is 5.15 Å². The van der Waals surface area contributed by atoms with Gasteiger partial charge >= 0.3 is 12.1 Å². The van der Waals surface area contributed by atoms with Crippen LogP contribution < -0.4 is 26.4 Å². The number of anilines is 2. The van der Waals surface area contributed by atoms with Crippen molar-refractivity contribution in [2.75, 3.05) is 43.0 Å². The lowest BCUT2D eigenvalue weighted by atomic mass is 10.2. The largest absolute Gasteiger partial charge is 0.448 e. The van der Waals surface area contributed by atoms with Gasteiger partial charge in [-0.3, -0.25) is 19.9 Å². The molecule has 3 aromatic rings. The molecule has 43 heavy (non-hydrogen) atoms. The molecule has 0 aliphatic carbocycles. The molecule has 3 rings (SSSR count). The summed E-state index contributed by atoms with van der Waals surface area (Å²) in [6.45, 7) is 6.12. The van der Waals surface area contributed by atoms with Gasteiger partial charge in [0.1, 0.15) is 11.5 Å². The number of alkyl carbamates (subject to hydrolysis) is 1. The minimum atomic E-state index is -0.465. The van der Waals surface area contributed by atoms with Crippen molar-refractivity contribution < 1.29 is 19.1 Å². The van der Waals surface area contributed by atoms with Crippen molar-refractivity contribution in [3.63, 3.8) is 0 Å². The van der Waals surface area contributed by atoms with E-state index in [0.717, 1.165) is 49.3 Å². The highest BCUT2D eigenvalue weighted by Gasteiger charge is 2.09. The fourth-order valence-electron chi connectivity index (χ4n) is 3.80. The molecule has 1 aromatic carbocycles. The van der Waals surface area contributed by atoms with Crippen LogP contribution in [-0.4, -0.2) is 66.1 Å². The lowest BCUT2D eigenvalue weighted by Gasteiger charge is -2.23. The molecule has 0 saturated heterocycles. The van der Waals surface area contributed by atoms with Gasteiger partial charge in [-0.2, -0.15) is 0 Å². The Bertz CT molecular complexity index is 1450. The summed E-state index contributed by atoms with van der Waals surface area (Å²) in [7, 11) is 0. The summed E-state index contributed by atoms with van der Waals surface area (Å²) < 4.78 is 5.31. The number of benzene rings is 1. The van der Waals surface area contributed by atoms with Crippen LogP contribution in [0.25, 0.3) is 0 Å². The molecule has 0 radical (unpaired) electrons. The standard InChI is InChI=1S/C27H34ClN9O5S/c1-3-37(20-10-8-19(9-11-20)35-36-26-33-23(28)21(17-38)43-26)14-15-42-27(41)30-13-7-5-4-6-12-29-25(40)34-24-31-18(2)16-22(39)32-24/h8-11,16-17H,3-7,12-15H2,1-2H3,(H,30,41)(H3,29,31,32,34,39,40). The second-order valence-electron chi connectivity index (χ2n) is 9.16.